The Morgan fingerprint density at radius 1 is 0.909 bits per heavy atom. The molecule has 2 aliphatic rings. The fraction of sp³-hybridized carbons (Fsp3) is 0. The van der Waals surface area contributed by atoms with Crippen LogP contribution in [-0.2, 0) is 0 Å². The molecule has 0 unspecified atom stereocenters. The van der Waals surface area contributed by atoms with Crippen LogP contribution in [0.1, 0.15) is 0 Å². The third kappa shape index (κ3) is 1.88. The predicted molar refractivity (Wildman–Crippen MR) is 51.9 cm³/mol. The fourth-order valence-corrected chi connectivity index (χ4v) is 1.00. The minimum atomic E-state index is 0. The number of rotatable bonds is 0. The average molecular weight is 190 g/mol. The van der Waals surface area contributed by atoms with Crippen molar-refractivity contribution in [3.8, 4) is 11.3 Å². The molecule has 1 aliphatic carbocycles. The van der Waals surface area contributed by atoms with E-state index >= 15 is 0 Å². The van der Waals surface area contributed by atoms with Gasteiger partial charge in [-0.2, -0.15) is 0 Å². The van der Waals surface area contributed by atoms with Crippen molar-refractivity contribution in [3.05, 3.63) is 36.5 Å². The highest BCUT2D eigenvalue weighted by Crippen LogP contribution is 2.17. The van der Waals surface area contributed by atoms with Gasteiger partial charge in [-0.05, 0) is 17.7 Å². The second kappa shape index (κ2) is 4.27. The summed E-state index contributed by atoms with van der Waals surface area (Å²) in [6, 6.07) is 10.3. The smallest absolute Gasteiger partial charge is 0.0453 e. The third-order valence-electron chi connectivity index (χ3n) is 1.46. The zero-order chi connectivity index (χ0) is 6.10. The minimum Gasteiger partial charge on any atom is -0.361 e. The molecule has 0 saturated carbocycles. The molecule has 1 N–H and O–H groups in total. The molecule has 0 aromatic heterocycles. The highest BCUT2D eigenvalue weighted by atomic mass is 35.5. The summed E-state index contributed by atoms with van der Waals surface area (Å²) in [5, 5.41) is 0. The lowest BCUT2D eigenvalue weighted by atomic mass is 10.2. The van der Waals surface area contributed by atoms with Crippen molar-refractivity contribution >= 4 is 24.8 Å². The summed E-state index contributed by atoms with van der Waals surface area (Å²) in [6.45, 7) is 0. The molecule has 1 aliphatic heterocycles. The van der Waals surface area contributed by atoms with E-state index in [1.54, 1.807) is 0 Å². The Balaban J connectivity index is 0.000000500. The van der Waals surface area contributed by atoms with Crippen molar-refractivity contribution in [1.82, 2.24) is 4.98 Å². The molecule has 1 heterocycles. The molecule has 0 radical (unpaired) electrons. The Labute approximate surface area is 78.0 Å². The molecular weight excluding hydrogens is 181 g/mol. The molecule has 3 heteroatoms. The maximum atomic E-state index is 3.13. The summed E-state index contributed by atoms with van der Waals surface area (Å²) in [6.07, 6.45) is 1.93. The lowest BCUT2D eigenvalue weighted by Gasteiger charge is -1.93. The van der Waals surface area contributed by atoms with Gasteiger partial charge in [0, 0.05) is 11.9 Å². The Kier molecular flexibility index (Phi) is 4.01. The molecule has 0 fully saturated rings. The Morgan fingerprint density at radius 3 is 2.36 bits per heavy atom. The Bertz CT molecular complexity index is 252. The third-order valence-corrected chi connectivity index (χ3v) is 1.46. The maximum Gasteiger partial charge on any atom is 0.0453 e. The van der Waals surface area contributed by atoms with Gasteiger partial charge < -0.3 is 4.98 Å². The van der Waals surface area contributed by atoms with E-state index in [1.165, 1.54) is 11.3 Å². The quantitative estimate of drug-likeness (QED) is 0.657. The van der Waals surface area contributed by atoms with E-state index in [2.05, 4.69) is 23.2 Å². The van der Waals surface area contributed by atoms with Crippen LogP contribution in [0.25, 0.3) is 11.3 Å². The molecular formula is C8H9Cl2N. The molecule has 0 spiro atoms. The molecule has 2 rings (SSSR count). The summed E-state index contributed by atoms with van der Waals surface area (Å²) in [4.78, 5) is 3.13. The first-order chi connectivity index (χ1) is 4.47. The van der Waals surface area contributed by atoms with Crippen LogP contribution >= 0.6 is 24.8 Å². The van der Waals surface area contributed by atoms with E-state index in [4.69, 9.17) is 0 Å². The molecule has 1 nitrogen and oxygen atoms in total. The van der Waals surface area contributed by atoms with Crippen LogP contribution in [0.3, 0.4) is 0 Å². The number of aromatic amines is 1. The molecule has 0 bridgehead atoms. The summed E-state index contributed by atoms with van der Waals surface area (Å²) < 4.78 is 0. The van der Waals surface area contributed by atoms with Gasteiger partial charge in [-0.25, -0.2) is 0 Å². The Hall–Kier alpha value is -0.660. The molecule has 0 aromatic rings. The molecule has 0 amide bonds. The summed E-state index contributed by atoms with van der Waals surface area (Å²) >= 11 is 0. The number of nitrogens with one attached hydrogen (secondary N) is 1. The maximum absolute atomic E-state index is 3.13. The first-order valence-electron chi connectivity index (χ1n) is 2.99. The van der Waals surface area contributed by atoms with Crippen molar-refractivity contribution in [2.75, 3.05) is 0 Å². The van der Waals surface area contributed by atoms with Crippen molar-refractivity contribution in [2.24, 2.45) is 0 Å². The van der Waals surface area contributed by atoms with Gasteiger partial charge in [-0.1, -0.05) is 18.2 Å². The minimum absolute atomic E-state index is 0. The van der Waals surface area contributed by atoms with E-state index in [1.807, 2.05) is 18.3 Å². The van der Waals surface area contributed by atoms with Crippen LogP contribution in [-0.4, -0.2) is 4.98 Å². The van der Waals surface area contributed by atoms with E-state index in [0.717, 1.165) is 0 Å². The van der Waals surface area contributed by atoms with Gasteiger partial charge >= 0.3 is 0 Å². The van der Waals surface area contributed by atoms with E-state index in [0.29, 0.717) is 0 Å². The van der Waals surface area contributed by atoms with Crippen LogP contribution in [0.5, 0.6) is 0 Å². The van der Waals surface area contributed by atoms with Gasteiger partial charge in [-0.15, -0.1) is 24.8 Å². The lowest BCUT2D eigenvalue weighted by molar-refractivity contribution is 1.34. The number of hydrogen-bond acceptors (Lipinski definition) is 0. The molecule has 0 atom stereocenters. The zero-order valence-corrected chi connectivity index (χ0v) is 7.41. The summed E-state index contributed by atoms with van der Waals surface area (Å²) in [7, 11) is 0. The summed E-state index contributed by atoms with van der Waals surface area (Å²) in [5.41, 5.74) is 2.48. The normalized spacial score (nSPS) is 8.36. The number of pyridine rings is 1. The van der Waals surface area contributed by atoms with Crippen LogP contribution in [0.4, 0.5) is 0 Å². The highest BCUT2D eigenvalue weighted by Gasteiger charge is 1.95. The number of fused-ring (bicyclic) bond motifs is 1. The zero-order valence-electron chi connectivity index (χ0n) is 5.78. The topological polar surface area (TPSA) is 15.8 Å². The number of hydrogen-bond donors (Lipinski definition) is 1. The van der Waals surface area contributed by atoms with Gasteiger partial charge in [0.2, 0.25) is 0 Å². The average Bonchev–Trinajstić information content (AvgIpc) is 2.33. The van der Waals surface area contributed by atoms with Gasteiger partial charge in [0.05, 0.1) is 0 Å². The van der Waals surface area contributed by atoms with Crippen LogP contribution in [0.2, 0.25) is 0 Å². The van der Waals surface area contributed by atoms with Crippen LogP contribution in [0.15, 0.2) is 36.5 Å². The van der Waals surface area contributed by atoms with Crippen LogP contribution in [0, 0.1) is 0 Å². The van der Waals surface area contributed by atoms with Crippen molar-refractivity contribution in [3.63, 3.8) is 0 Å². The number of halogens is 2. The van der Waals surface area contributed by atoms with Crippen molar-refractivity contribution in [1.29, 1.82) is 0 Å². The van der Waals surface area contributed by atoms with Gasteiger partial charge in [0.1, 0.15) is 0 Å². The van der Waals surface area contributed by atoms with Crippen molar-refractivity contribution < 1.29 is 0 Å². The van der Waals surface area contributed by atoms with E-state index < -0.39 is 0 Å². The van der Waals surface area contributed by atoms with Gasteiger partial charge in [0.15, 0.2) is 0 Å². The predicted octanol–water partition coefficient (Wildman–Crippen LogP) is 2.96. The largest absolute Gasteiger partial charge is 0.361 e. The summed E-state index contributed by atoms with van der Waals surface area (Å²) in [5.74, 6) is 0. The van der Waals surface area contributed by atoms with Crippen molar-refractivity contribution in [2.45, 2.75) is 0 Å². The highest BCUT2D eigenvalue weighted by molar-refractivity contribution is 5.85. The first kappa shape index (κ1) is 10.3. The number of H-pyrrole nitrogens is 1. The van der Waals surface area contributed by atoms with Gasteiger partial charge in [-0.3, -0.25) is 0 Å². The molecule has 11 heavy (non-hydrogen) atoms. The molecule has 0 aromatic carbocycles. The van der Waals surface area contributed by atoms with Crippen LogP contribution < -0.4 is 0 Å². The fourth-order valence-electron chi connectivity index (χ4n) is 1.00. The second-order valence-corrected chi connectivity index (χ2v) is 2.06. The van der Waals surface area contributed by atoms with E-state index in [-0.39, 0.29) is 24.8 Å². The molecule has 60 valence electrons. The Morgan fingerprint density at radius 2 is 1.64 bits per heavy atom. The second-order valence-electron chi connectivity index (χ2n) is 2.06. The lowest BCUT2D eigenvalue weighted by Crippen LogP contribution is -1.74. The number of aromatic nitrogens is 1. The SMILES string of the molecule is Cl.Cl.c1c[nH]c2cccc-2c1. The molecule has 0 saturated heterocycles. The standard InChI is InChI=1S/C8H7N.2ClH/c1-3-7-4-2-6-9-8(7)5-1;;/h1-6,9H;2*1H. The monoisotopic (exact) mass is 189 g/mol. The van der Waals surface area contributed by atoms with E-state index in [9.17, 15) is 0 Å². The van der Waals surface area contributed by atoms with Gasteiger partial charge in [0.25, 0.3) is 0 Å². The first-order valence-corrected chi connectivity index (χ1v) is 2.99.